The van der Waals surface area contributed by atoms with Crippen molar-refractivity contribution in [2.75, 3.05) is 0 Å². The average molecular weight is 247 g/mol. The fourth-order valence-electron chi connectivity index (χ4n) is 1.29. The minimum Gasteiger partial charge on any atom is -0.282 e. The first kappa shape index (κ1) is 12.2. The van der Waals surface area contributed by atoms with Gasteiger partial charge in [0.2, 0.25) is 0 Å². The van der Waals surface area contributed by atoms with Crippen molar-refractivity contribution < 1.29 is 13.0 Å². The zero-order valence-corrected chi connectivity index (χ0v) is 9.72. The number of allylic oxidation sites excluding steroid dienone is 1. The predicted octanol–water partition coefficient (Wildman–Crippen LogP) is 2.54. The Kier molecular flexibility index (Phi) is 3.90. The second-order valence-corrected chi connectivity index (χ2v) is 4.79. The number of halogens is 1. The van der Waals surface area contributed by atoms with Crippen LogP contribution in [0, 0.1) is 6.92 Å². The van der Waals surface area contributed by atoms with Gasteiger partial charge in [0.1, 0.15) is 0 Å². The van der Waals surface area contributed by atoms with E-state index in [0.717, 1.165) is 5.56 Å². The summed E-state index contributed by atoms with van der Waals surface area (Å²) < 4.78 is 31.0. The molecule has 0 aliphatic carbocycles. The summed E-state index contributed by atoms with van der Waals surface area (Å²) in [5.41, 5.74) is 2.78. The molecule has 1 N–H and O–H groups in total. The number of aryl methyl sites for hydroxylation is 1. The van der Waals surface area contributed by atoms with Crippen LogP contribution in [0.2, 0.25) is 0 Å². The molecule has 0 saturated carbocycles. The molecule has 0 aromatic heterocycles. The number of benzene rings is 1. The molecule has 5 heteroatoms. The van der Waals surface area contributed by atoms with Crippen molar-refractivity contribution in [1.82, 2.24) is 0 Å². The summed E-state index contributed by atoms with van der Waals surface area (Å²) in [7, 11) is -4.16. The minimum absolute atomic E-state index is 0.0668. The second kappa shape index (κ2) is 4.79. The number of rotatable bonds is 3. The van der Waals surface area contributed by atoms with Crippen LogP contribution in [0.3, 0.4) is 0 Å². The first-order valence-corrected chi connectivity index (χ1v) is 6.15. The zero-order chi connectivity index (χ0) is 11.5. The molecule has 0 spiro atoms. The van der Waals surface area contributed by atoms with E-state index in [9.17, 15) is 8.42 Å². The lowest BCUT2D eigenvalue weighted by Gasteiger charge is -2.05. The Morgan fingerprint density at radius 1 is 1.47 bits per heavy atom. The van der Waals surface area contributed by atoms with Crippen LogP contribution in [0.1, 0.15) is 11.1 Å². The highest BCUT2D eigenvalue weighted by Crippen LogP contribution is 2.18. The van der Waals surface area contributed by atoms with E-state index in [1.165, 1.54) is 11.6 Å². The highest BCUT2D eigenvalue weighted by atomic mass is 35.5. The molecule has 1 aromatic carbocycles. The molecule has 0 unspecified atom stereocenters. The largest absolute Gasteiger partial charge is 0.294 e. The molecule has 15 heavy (non-hydrogen) atoms. The second-order valence-electron chi connectivity index (χ2n) is 3.15. The van der Waals surface area contributed by atoms with Crippen LogP contribution in [0.15, 0.2) is 34.7 Å². The Morgan fingerprint density at radius 2 is 2.13 bits per heavy atom. The standard InChI is InChI=1S/C10H11ClO3S/c1-8-4-5-10(15(12,13)14)9(7-8)3-2-6-11/h2,4-7H,3H2,1H3,(H,12,13,14)/b6-2+. The van der Waals surface area contributed by atoms with E-state index < -0.39 is 10.1 Å². The van der Waals surface area contributed by atoms with E-state index in [2.05, 4.69) is 0 Å². The van der Waals surface area contributed by atoms with Gasteiger partial charge in [0.25, 0.3) is 10.1 Å². The van der Waals surface area contributed by atoms with E-state index in [1.54, 1.807) is 18.2 Å². The van der Waals surface area contributed by atoms with Gasteiger partial charge in [0, 0.05) is 5.54 Å². The number of hydrogen-bond donors (Lipinski definition) is 1. The SMILES string of the molecule is Cc1ccc(S(=O)(=O)O)c(C/C=C/Cl)c1. The van der Waals surface area contributed by atoms with Crippen molar-refractivity contribution in [3.8, 4) is 0 Å². The lowest BCUT2D eigenvalue weighted by Crippen LogP contribution is -2.03. The summed E-state index contributed by atoms with van der Waals surface area (Å²) in [5.74, 6) is 0. The smallest absolute Gasteiger partial charge is 0.282 e. The van der Waals surface area contributed by atoms with Gasteiger partial charge in [-0.3, -0.25) is 4.55 Å². The third-order valence-corrected chi connectivity index (χ3v) is 3.05. The van der Waals surface area contributed by atoms with Crippen LogP contribution < -0.4 is 0 Å². The molecule has 0 atom stereocenters. The molecule has 0 bridgehead atoms. The molecule has 0 saturated heterocycles. The topological polar surface area (TPSA) is 54.4 Å². The summed E-state index contributed by atoms with van der Waals surface area (Å²) in [6.45, 7) is 1.85. The lowest BCUT2D eigenvalue weighted by molar-refractivity contribution is 0.482. The van der Waals surface area contributed by atoms with Crippen LogP contribution in [0.4, 0.5) is 0 Å². The minimum atomic E-state index is -4.16. The van der Waals surface area contributed by atoms with Gasteiger partial charge in [0.15, 0.2) is 0 Å². The Hall–Kier alpha value is -0.840. The van der Waals surface area contributed by atoms with E-state index >= 15 is 0 Å². The molecule has 0 radical (unpaired) electrons. The van der Waals surface area contributed by atoms with E-state index in [0.29, 0.717) is 12.0 Å². The molecule has 1 rings (SSSR count). The Balaban J connectivity index is 3.27. The molecule has 0 aliphatic rings. The molecular formula is C10H11ClO3S. The molecule has 0 aliphatic heterocycles. The number of hydrogen-bond acceptors (Lipinski definition) is 2. The summed E-state index contributed by atoms with van der Waals surface area (Å²) in [4.78, 5) is -0.0668. The lowest BCUT2D eigenvalue weighted by atomic mass is 10.1. The van der Waals surface area contributed by atoms with Gasteiger partial charge < -0.3 is 0 Å². The van der Waals surface area contributed by atoms with Crippen molar-refractivity contribution in [2.45, 2.75) is 18.2 Å². The molecule has 82 valence electrons. The molecule has 3 nitrogen and oxygen atoms in total. The maximum Gasteiger partial charge on any atom is 0.294 e. The van der Waals surface area contributed by atoms with Crippen molar-refractivity contribution in [2.24, 2.45) is 0 Å². The van der Waals surface area contributed by atoms with Crippen LogP contribution >= 0.6 is 11.6 Å². The molecule has 1 aromatic rings. The van der Waals surface area contributed by atoms with Gasteiger partial charge in [-0.2, -0.15) is 8.42 Å². The van der Waals surface area contributed by atoms with E-state index in [4.69, 9.17) is 16.2 Å². The maximum atomic E-state index is 11.0. The predicted molar refractivity (Wildman–Crippen MR) is 59.7 cm³/mol. The summed E-state index contributed by atoms with van der Waals surface area (Å²) in [5, 5.41) is 0. The van der Waals surface area contributed by atoms with Crippen LogP contribution in [0.5, 0.6) is 0 Å². The Labute approximate surface area is 94.1 Å². The van der Waals surface area contributed by atoms with E-state index in [1.807, 2.05) is 6.92 Å². The summed E-state index contributed by atoms with van der Waals surface area (Å²) in [6.07, 6.45) is 1.99. The van der Waals surface area contributed by atoms with Crippen molar-refractivity contribution in [1.29, 1.82) is 0 Å². The van der Waals surface area contributed by atoms with Crippen LogP contribution in [0.25, 0.3) is 0 Å². The fourth-order valence-corrected chi connectivity index (χ4v) is 2.09. The van der Waals surface area contributed by atoms with Gasteiger partial charge in [0.05, 0.1) is 4.90 Å². The summed E-state index contributed by atoms with van der Waals surface area (Å²) in [6, 6.07) is 4.74. The van der Waals surface area contributed by atoms with Crippen molar-refractivity contribution in [3.05, 3.63) is 40.9 Å². The van der Waals surface area contributed by atoms with Crippen LogP contribution in [-0.2, 0) is 16.5 Å². The van der Waals surface area contributed by atoms with Gasteiger partial charge in [-0.1, -0.05) is 35.4 Å². The highest BCUT2D eigenvalue weighted by Gasteiger charge is 2.14. The Morgan fingerprint density at radius 3 is 2.67 bits per heavy atom. The zero-order valence-electron chi connectivity index (χ0n) is 8.14. The third kappa shape index (κ3) is 3.34. The van der Waals surface area contributed by atoms with Gasteiger partial charge >= 0.3 is 0 Å². The summed E-state index contributed by atoms with van der Waals surface area (Å²) >= 11 is 5.37. The monoisotopic (exact) mass is 246 g/mol. The van der Waals surface area contributed by atoms with Gasteiger partial charge in [-0.05, 0) is 25.0 Å². The first-order valence-electron chi connectivity index (χ1n) is 4.27. The molecular weight excluding hydrogens is 236 g/mol. The van der Waals surface area contributed by atoms with Crippen molar-refractivity contribution in [3.63, 3.8) is 0 Å². The van der Waals surface area contributed by atoms with Gasteiger partial charge in [-0.15, -0.1) is 0 Å². The van der Waals surface area contributed by atoms with E-state index in [-0.39, 0.29) is 4.90 Å². The normalized spacial score (nSPS) is 12.2. The van der Waals surface area contributed by atoms with Gasteiger partial charge in [-0.25, -0.2) is 0 Å². The average Bonchev–Trinajstić information content (AvgIpc) is 2.12. The third-order valence-electron chi connectivity index (χ3n) is 1.92. The first-order chi connectivity index (χ1) is 6.95. The molecule has 0 heterocycles. The quantitative estimate of drug-likeness (QED) is 0.834. The highest BCUT2D eigenvalue weighted by molar-refractivity contribution is 7.85. The Bertz CT molecular complexity index is 477. The van der Waals surface area contributed by atoms with Crippen molar-refractivity contribution >= 4 is 21.7 Å². The molecule has 0 fully saturated rings. The maximum absolute atomic E-state index is 11.0. The van der Waals surface area contributed by atoms with Crippen LogP contribution in [-0.4, -0.2) is 13.0 Å². The fraction of sp³-hybridized carbons (Fsp3) is 0.200. The molecule has 0 amide bonds.